The molecule has 0 nitrogen and oxygen atoms in total. The molecule has 1 unspecified atom stereocenters. The van der Waals surface area contributed by atoms with Gasteiger partial charge < -0.3 is 0 Å². The SMILES string of the molecule is CC(CC1=CC=CC1)C1=CC=CC=CC=C1. The van der Waals surface area contributed by atoms with Gasteiger partial charge >= 0.3 is 0 Å². The first-order valence-electron chi connectivity index (χ1n) is 5.92. The van der Waals surface area contributed by atoms with Crippen molar-refractivity contribution in [2.45, 2.75) is 19.8 Å². The Morgan fingerprint density at radius 2 is 1.81 bits per heavy atom. The maximum absolute atomic E-state index is 2.30. The summed E-state index contributed by atoms with van der Waals surface area (Å²) in [7, 11) is 0. The summed E-state index contributed by atoms with van der Waals surface area (Å²) in [5, 5.41) is 0. The van der Waals surface area contributed by atoms with Crippen LogP contribution in [0.2, 0.25) is 0 Å². The summed E-state index contributed by atoms with van der Waals surface area (Å²) in [6.07, 6.45) is 23.8. The Bertz CT molecular complexity index is 411. The Kier molecular flexibility index (Phi) is 3.76. The Balaban J connectivity index is 2.00. The van der Waals surface area contributed by atoms with E-state index in [0.29, 0.717) is 5.92 Å². The van der Waals surface area contributed by atoms with Crippen LogP contribution in [0.15, 0.2) is 71.9 Å². The van der Waals surface area contributed by atoms with Crippen LogP contribution in [0.1, 0.15) is 19.8 Å². The highest BCUT2D eigenvalue weighted by molar-refractivity contribution is 5.34. The Labute approximate surface area is 98.1 Å². The number of allylic oxidation sites excluding steroid dienone is 12. The van der Waals surface area contributed by atoms with Crippen LogP contribution in [0.5, 0.6) is 0 Å². The molecule has 0 aromatic heterocycles. The Morgan fingerprint density at radius 3 is 2.62 bits per heavy atom. The minimum atomic E-state index is 0.596. The Morgan fingerprint density at radius 1 is 1.00 bits per heavy atom. The molecule has 0 amide bonds. The normalized spacial score (nSPS) is 20.3. The quantitative estimate of drug-likeness (QED) is 0.643. The summed E-state index contributed by atoms with van der Waals surface area (Å²) < 4.78 is 0. The molecule has 0 radical (unpaired) electrons. The molecule has 0 aliphatic heterocycles. The van der Waals surface area contributed by atoms with E-state index in [9.17, 15) is 0 Å². The van der Waals surface area contributed by atoms with E-state index in [1.807, 2.05) is 0 Å². The molecule has 0 aromatic carbocycles. The standard InChI is InChI=1S/C16H18/c1-14(13-15-9-7-8-10-15)16-11-5-3-2-4-6-12-16/h2-9,11-12,14H,10,13H2,1H3. The van der Waals surface area contributed by atoms with Gasteiger partial charge in [-0.2, -0.15) is 0 Å². The largest absolute Gasteiger partial charge is 0.0805 e. The van der Waals surface area contributed by atoms with Crippen LogP contribution < -0.4 is 0 Å². The fourth-order valence-electron chi connectivity index (χ4n) is 2.06. The summed E-state index contributed by atoms with van der Waals surface area (Å²) in [6, 6.07) is 0. The van der Waals surface area contributed by atoms with Gasteiger partial charge in [0.15, 0.2) is 0 Å². The topological polar surface area (TPSA) is 0 Å². The second-order valence-electron chi connectivity index (χ2n) is 4.36. The highest BCUT2D eigenvalue weighted by Crippen LogP contribution is 2.25. The molecule has 0 bridgehead atoms. The first kappa shape index (κ1) is 10.9. The highest BCUT2D eigenvalue weighted by atomic mass is 14.1. The molecule has 1 atom stereocenters. The van der Waals surface area contributed by atoms with Gasteiger partial charge in [0.1, 0.15) is 0 Å². The van der Waals surface area contributed by atoms with Crippen molar-refractivity contribution in [1.29, 1.82) is 0 Å². The Hall–Kier alpha value is -1.56. The lowest BCUT2D eigenvalue weighted by molar-refractivity contribution is 0.681. The summed E-state index contributed by atoms with van der Waals surface area (Å²) in [5.41, 5.74) is 2.96. The molecule has 0 heteroatoms. The van der Waals surface area contributed by atoms with Gasteiger partial charge in [-0.1, -0.05) is 73.3 Å². The number of rotatable bonds is 3. The highest BCUT2D eigenvalue weighted by Gasteiger charge is 2.09. The van der Waals surface area contributed by atoms with Crippen LogP contribution in [0, 0.1) is 5.92 Å². The van der Waals surface area contributed by atoms with Gasteiger partial charge in [0.05, 0.1) is 0 Å². The third-order valence-corrected chi connectivity index (χ3v) is 3.01. The van der Waals surface area contributed by atoms with Gasteiger partial charge in [-0.25, -0.2) is 0 Å². The van der Waals surface area contributed by atoms with Crippen LogP contribution >= 0.6 is 0 Å². The first-order valence-corrected chi connectivity index (χ1v) is 5.92. The average Bonchev–Trinajstić information content (AvgIpc) is 2.69. The van der Waals surface area contributed by atoms with E-state index >= 15 is 0 Å². The fraction of sp³-hybridized carbons (Fsp3) is 0.250. The van der Waals surface area contributed by atoms with Crippen LogP contribution in [-0.4, -0.2) is 0 Å². The summed E-state index contributed by atoms with van der Waals surface area (Å²) in [4.78, 5) is 0. The van der Waals surface area contributed by atoms with Gasteiger partial charge in [0, 0.05) is 0 Å². The van der Waals surface area contributed by atoms with Crippen molar-refractivity contribution in [1.82, 2.24) is 0 Å². The molecular formula is C16H18. The molecule has 16 heavy (non-hydrogen) atoms. The van der Waals surface area contributed by atoms with Crippen LogP contribution in [0.25, 0.3) is 0 Å². The van der Waals surface area contributed by atoms with Crippen molar-refractivity contribution in [2.24, 2.45) is 5.92 Å². The molecule has 0 heterocycles. The van der Waals surface area contributed by atoms with Crippen LogP contribution in [-0.2, 0) is 0 Å². The maximum atomic E-state index is 2.30. The van der Waals surface area contributed by atoms with Crippen molar-refractivity contribution < 1.29 is 0 Å². The van der Waals surface area contributed by atoms with E-state index < -0.39 is 0 Å². The van der Waals surface area contributed by atoms with E-state index in [1.54, 1.807) is 5.57 Å². The van der Waals surface area contributed by atoms with E-state index in [4.69, 9.17) is 0 Å². The lowest BCUT2D eigenvalue weighted by Gasteiger charge is -2.13. The lowest BCUT2D eigenvalue weighted by Crippen LogP contribution is -1.99. The summed E-state index contributed by atoms with van der Waals surface area (Å²) in [6.45, 7) is 2.30. The summed E-state index contributed by atoms with van der Waals surface area (Å²) >= 11 is 0. The van der Waals surface area contributed by atoms with Gasteiger partial charge in [0.25, 0.3) is 0 Å². The van der Waals surface area contributed by atoms with Crippen molar-refractivity contribution >= 4 is 0 Å². The molecule has 0 saturated carbocycles. The minimum Gasteiger partial charge on any atom is -0.0805 e. The summed E-state index contributed by atoms with van der Waals surface area (Å²) in [5.74, 6) is 0.596. The van der Waals surface area contributed by atoms with Crippen LogP contribution in [0.4, 0.5) is 0 Å². The van der Waals surface area contributed by atoms with Gasteiger partial charge in [-0.15, -0.1) is 0 Å². The predicted octanol–water partition coefficient (Wildman–Crippen LogP) is 4.51. The van der Waals surface area contributed by atoms with Gasteiger partial charge in [-0.05, 0) is 24.3 Å². The van der Waals surface area contributed by atoms with Crippen LogP contribution in [0.3, 0.4) is 0 Å². The molecular weight excluding hydrogens is 192 g/mol. The minimum absolute atomic E-state index is 0.596. The smallest absolute Gasteiger partial charge is 0.0132 e. The molecule has 0 saturated heterocycles. The third-order valence-electron chi connectivity index (χ3n) is 3.01. The molecule has 2 aliphatic rings. The first-order chi connectivity index (χ1) is 7.86. The van der Waals surface area contributed by atoms with Crippen molar-refractivity contribution in [3.63, 3.8) is 0 Å². The third kappa shape index (κ3) is 2.96. The maximum Gasteiger partial charge on any atom is -0.0132 e. The van der Waals surface area contributed by atoms with E-state index in [1.165, 1.54) is 12.0 Å². The zero-order chi connectivity index (χ0) is 11.2. The number of hydrogen-bond acceptors (Lipinski definition) is 0. The molecule has 2 aliphatic carbocycles. The molecule has 0 aromatic rings. The molecule has 0 spiro atoms. The van der Waals surface area contributed by atoms with Crippen molar-refractivity contribution in [3.8, 4) is 0 Å². The van der Waals surface area contributed by atoms with Crippen molar-refractivity contribution in [2.75, 3.05) is 0 Å². The number of hydrogen-bond donors (Lipinski definition) is 0. The second-order valence-corrected chi connectivity index (χ2v) is 4.36. The molecule has 82 valence electrons. The average molecular weight is 210 g/mol. The van der Waals surface area contributed by atoms with Crippen molar-refractivity contribution in [3.05, 3.63) is 71.9 Å². The molecule has 2 rings (SSSR count). The fourth-order valence-corrected chi connectivity index (χ4v) is 2.06. The van der Waals surface area contributed by atoms with Gasteiger partial charge in [-0.3, -0.25) is 0 Å². The van der Waals surface area contributed by atoms with E-state index in [0.717, 1.165) is 6.42 Å². The zero-order valence-corrected chi connectivity index (χ0v) is 9.77. The lowest BCUT2D eigenvalue weighted by atomic mass is 9.92. The monoisotopic (exact) mass is 210 g/mol. The second kappa shape index (κ2) is 5.50. The van der Waals surface area contributed by atoms with E-state index in [-0.39, 0.29) is 0 Å². The zero-order valence-electron chi connectivity index (χ0n) is 9.77. The van der Waals surface area contributed by atoms with Gasteiger partial charge in [0.2, 0.25) is 0 Å². The predicted molar refractivity (Wildman–Crippen MR) is 71.1 cm³/mol. The van der Waals surface area contributed by atoms with E-state index in [2.05, 4.69) is 67.7 Å². The molecule has 0 fully saturated rings. The molecule has 0 N–H and O–H groups in total.